The van der Waals surface area contributed by atoms with Crippen molar-refractivity contribution >= 4 is 27.6 Å². The second-order valence-electron chi connectivity index (χ2n) is 5.68. The molecule has 0 radical (unpaired) electrons. The molecule has 0 unspecified atom stereocenters. The van der Waals surface area contributed by atoms with Crippen LogP contribution in [0.1, 0.15) is 20.3 Å². The zero-order chi connectivity index (χ0) is 16.7. The van der Waals surface area contributed by atoms with E-state index in [0.717, 1.165) is 17.5 Å². The lowest BCUT2D eigenvalue weighted by atomic mass is 10.2. The lowest BCUT2D eigenvalue weighted by Crippen LogP contribution is -2.30. The van der Waals surface area contributed by atoms with Crippen molar-refractivity contribution in [3.05, 3.63) is 16.6 Å². The Morgan fingerprint density at radius 2 is 2.00 bits per heavy atom. The third kappa shape index (κ3) is 5.91. The number of nitrogens with one attached hydrogen (secondary N) is 2. The number of hydrogen-bond acceptors (Lipinski definition) is 4. The van der Waals surface area contributed by atoms with Gasteiger partial charge >= 0.3 is 6.03 Å². The van der Waals surface area contributed by atoms with E-state index < -0.39 is 0 Å². The van der Waals surface area contributed by atoms with Gasteiger partial charge in [-0.05, 0) is 28.3 Å². The lowest BCUT2D eigenvalue weighted by molar-refractivity contribution is 0.108. The van der Waals surface area contributed by atoms with Crippen LogP contribution >= 0.6 is 15.9 Å². The van der Waals surface area contributed by atoms with Crippen LogP contribution in [-0.2, 0) is 4.74 Å². The monoisotopic (exact) mass is 386 g/mol. The number of ether oxygens (including phenoxy) is 3. The highest BCUT2D eigenvalue weighted by molar-refractivity contribution is 9.10. The fourth-order valence-electron chi connectivity index (χ4n) is 2.02. The molecule has 1 aliphatic rings. The zero-order valence-corrected chi connectivity index (χ0v) is 15.1. The number of carbonyl (C=O) groups is 1. The molecule has 1 heterocycles. The molecule has 7 heteroatoms. The molecule has 0 aliphatic carbocycles. The fourth-order valence-corrected chi connectivity index (χ4v) is 2.44. The summed E-state index contributed by atoms with van der Waals surface area (Å²) in [5.41, 5.74) is 0.641. The van der Waals surface area contributed by atoms with Gasteiger partial charge in [-0.1, -0.05) is 13.8 Å². The van der Waals surface area contributed by atoms with Crippen LogP contribution in [-0.4, -0.2) is 39.0 Å². The number of urea groups is 1. The van der Waals surface area contributed by atoms with E-state index in [-0.39, 0.29) is 6.03 Å². The molecule has 2 N–H and O–H groups in total. The first kappa shape index (κ1) is 17.9. The molecular weight excluding hydrogens is 364 g/mol. The molecule has 0 fully saturated rings. The van der Waals surface area contributed by atoms with Crippen molar-refractivity contribution in [2.75, 3.05) is 38.3 Å². The molecule has 1 aromatic rings. The molecule has 23 heavy (non-hydrogen) atoms. The quantitative estimate of drug-likeness (QED) is 0.704. The van der Waals surface area contributed by atoms with Crippen molar-refractivity contribution in [1.82, 2.24) is 5.32 Å². The standard InChI is InChI=1S/C16H23BrN2O4/c1-11(2)10-21-5-3-4-18-16(20)19-13-9-15-14(8-12(13)17)22-6-7-23-15/h8-9,11H,3-7,10H2,1-2H3,(H2,18,19,20). The normalized spacial score (nSPS) is 13.0. The van der Waals surface area contributed by atoms with E-state index in [9.17, 15) is 4.79 Å². The molecule has 0 aromatic heterocycles. The first-order valence-electron chi connectivity index (χ1n) is 7.78. The van der Waals surface area contributed by atoms with Crippen LogP contribution in [0.25, 0.3) is 0 Å². The minimum atomic E-state index is -0.258. The minimum Gasteiger partial charge on any atom is -0.486 e. The van der Waals surface area contributed by atoms with Crippen LogP contribution in [0.15, 0.2) is 16.6 Å². The van der Waals surface area contributed by atoms with Crippen molar-refractivity contribution in [2.45, 2.75) is 20.3 Å². The highest BCUT2D eigenvalue weighted by Crippen LogP contribution is 2.38. The SMILES string of the molecule is CC(C)COCCCNC(=O)Nc1cc2c(cc1Br)OCCO2. The van der Waals surface area contributed by atoms with Gasteiger partial charge in [-0.2, -0.15) is 0 Å². The molecular formula is C16H23BrN2O4. The summed E-state index contributed by atoms with van der Waals surface area (Å²) in [6.45, 7) is 7.21. The van der Waals surface area contributed by atoms with Crippen molar-refractivity contribution < 1.29 is 19.0 Å². The van der Waals surface area contributed by atoms with E-state index in [4.69, 9.17) is 14.2 Å². The van der Waals surface area contributed by atoms with Crippen LogP contribution in [0.5, 0.6) is 11.5 Å². The average molecular weight is 387 g/mol. The third-order valence-corrected chi connectivity index (χ3v) is 3.74. The van der Waals surface area contributed by atoms with E-state index in [1.54, 1.807) is 12.1 Å². The van der Waals surface area contributed by atoms with Crippen LogP contribution in [0.2, 0.25) is 0 Å². The van der Waals surface area contributed by atoms with Gasteiger partial charge in [0.1, 0.15) is 13.2 Å². The molecule has 0 saturated carbocycles. The Labute approximate surface area is 145 Å². The second-order valence-corrected chi connectivity index (χ2v) is 6.53. The smallest absolute Gasteiger partial charge is 0.319 e. The fraction of sp³-hybridized carbons (Fsp3) is 0.562. The maximum Gasteiger partial charge on any atom is 0.319 e. The Hall–Kier alpha value is -1.47. The largest absolute Gasteiger partial charge is 0.486 e. The maximum atomic E-state index is 11.9. The molecule has 1 aromatic carbocycles. The molecule has 0 atom stereocenters. The Balaban J connectivity index is 1.75. The van der Waals surface area contributed by atoms with Crippen molar-refractivity contribution in [2.24, 2.45) is 5.92 Å². The summed E-state index contributed by atoms with van der Waals surface area (Å²) in [4.78, 5) is 11.9. The summed E-state index contributed by atoms with van der Waals surface area (Å²) >= 11 is 3.42. The molecule has 0 bridgehead atoms. The Bertz CT molecular complexity index is 537. The number of anilines is 1. The molecule has 1 aliphatic heterocycles. The molecule has 0 saturated heterocycles. The lowest BCUT2D eigenvalue weighted by Gasteiger charge is -2.20. The van der Waals surface area contributed by atoms with Crippen LogP contribution < -0.4 is 20.1 Å². The number of benzene rings is 1. The van der Waals surface area contributed by atoms with Crippen molar-refractivity contribution in [3.8, 4) is 11.5 Å². The molecule has 6 nitrogen and oxygen atoms in total. The van der Waals surface area contributed by atoms with E-state index in [1.807, 2.05) is 0 Å². The van der Waals surface area contributed by atoms with Crippen LogP contribution in [0.4, 0.5) is 10.5 Å². The predicted molar refractivity (Wildman–Crippen MR) is 92.4 cm³/mol. The number of carbonyl (C=O) groups excluding carboxylic acids is 1. The van der Waals surface area contributed by atoms with Gasteiger partial charge in [0.15, 0.2) is 11.5 Å². The van der Waals surface area contributed by atoms with Gasteiger partial charge in [0.2, 0.25) is 0 Å². The molecule has 2 rings (SSSR count). The second kappa shape index (κ2) is 8.98. The summed E-state index contributed by atoms with van der Waals surface area (Å²) in [6.07, 6.45) is 0.780. The number of halogens is 1. The van der Waals surface area contributed by atoms with Crippen LogP contribution in [0.3, 0.4) is 0 Å². The number of hydrogen-bond donors (Lipinski definition) is 2. The topological polar surface area (TPSA) is 68.8 Å². The maximum absolute atomic E-state index is 11.9. The van der Waals surface area contributed by atoms with E-state index in [1.165, 1.54) is 0 Å². The molecule has 0 spiro atoms. The number of amides is 2. The van der Waals surface area contributed by atoms with Crippen molar-refractivity contribution in [1.29, 1.82) is 0 Å². The number of fused-ring (bicyclic) bond motifs is 1. The number of rotatable bonds is 7. The van der Waals surface area contributed by atoms with Crippen LogP contribution in [0, 0.1) is 5.92 Å². The van der Waals surface area contributed by atoms with Gasteiger partial charge in [-0.3, -0.25) is 0 Å². The predicted octanol–water partition coefficient (Wildman–Crippen LogP) is 3.40. The minimum absolute atomic E-state index is 0.258. The summed E-state index contributed by atoms with van der Waals surface area (Å²) < 4.78 is 17.2. The Morgan fingerprint density at radius 1 is 1.30 bits per heavy atom. The Morgan fingerprint density at radius 3 is 2.70 bits per heavy atom. The average Bonchev–Trinajstić information content (AvgIpc) is 2.51. The van der Waals surface area contributed by atoms with Gasteiger partial charge in [0, 0.05) is 36.4 Å². The summed E-state index contributed by atoms with van der Waals surface area (Å²) in [5, 5.41) is 5.60. The third-order valence-electron chi connectivity index (χ3n) is 3.08. The van der Waals surface area contributed by atoms with Gasteiger partial charge in [-0.25, -0.2) is 4.79 Å². The Kier molecular flexibility index (Phi) is 6.98. The molecule has 2 amide bonds. The molecule has 128 valence electrons. The summed E-state index contributed by atoms with van der Waals surface area (Å²) in [6, 6.07) is 3.29. The van der Waals surface area contributed by atoms with Crippen molar-refractivity contribution in [3.63, 3.8) is 0 Å². The van der Waals surface area contributed by atoms with Gasteiger partial charge in [0.05, 0.1) is 5.69 Å². The summed E-state index contributed by atoms with van der Waals surface area (Å²) in [7, 11) is 0. The van der Waals surface area contributed by atoms with Gasteiger partial charge in [0.25, 0.3) is 0 Å². The first-order valence-corrected chi connectivity index (χ1v) is 8.57. The van der Waals surface area contributed by atoms with E-state index in [2.05, 4.69) is 40.4 Å². The first-order chi connectivity index (χ1) is 11.1. The summed E-state index contributed by atoms with van der Waals surface area (Å²) in [5.74, 6) is 1.84. The van der Waals surface area contributed by atoms with E-state index in [0.29, 0.717) is 49.5 Å². The van der Waals surface area contributed by atoms with Gasteiger partial charge < -0.3 is 24.8 Å². The van der Waals surface area contributed by atoms with E-state index >= 15 is 0 Å². The van der Waals surface area contributed by atoms with Gasteiger partial charge in [-0.15, -0.1) is 0 Å². The zero-order valence-electron chi connectivity index (χ0n) is 13.5. The highest BCUT2D eigenvalue weighted by atomic mass is 79.9. The highest BCUT2D eigenvalue weighted by Gasteiger charge is 2.15.